The highest BCUT2D eigenvalue weighted by atomic mass is 17.1. The van der Waals surface area contributed by atoms with E-state index in [-0.39, 0.29) is 17.4 Å². The van der Waals surface area contributed by atoms with Crippen LogP contribution in [-0.4, -0.2) is 5.26 Å². The molecule has 8 rings (SSSR count). The van der Waals surface area contributed by atoms with Gasteiger partial charge in [0.25, 0.3) is 0 Å². The van der Waals surface area contributed by atoms with Gasteiger partial charge in [0.15, 0.2) is 0 Å². The van der Waals surface area contributed by atoms with Crippen LogP contribution in [-0.2, 0) is 4.89 Å². The molecule has 11 unspecified atom stereocenters. The molecule has 0 radical (unpaired) electrons. The molecule has 0 saturated heterocycles. The monoisotopic (exact) mass is 783 g/mol. The molecule has 4 aliphatic carbocycles. The number of rotatable bonds is 13. The Bertz CT molecular complexity index is 1930. The Morgan fingerprint density at radius 3 is 1.71 bits per heavy atom. The summed E-state index contributed by atoms with van der Waals surface area (Å²) >= 11 is 0. The molecule has 0 spiro atoms. The molecule has 1 N–H and O–H groups in total. The zero-order chi connectivity index (χ0) is 40.6. The smallest absolute Gasteiger partial charge is 0.127 e. The Labute approximate surface area is 350 Å². The summed E-state index contributed by atoms with van der Waals surface area (Å²) in [6.45, 7) is 16.9. The Morgan fingerprint density at radius 2 is 1.14 bits per heavy atom. The molecule has 4 heteroatoms. The van der Waals surface area contributed by atoms with Crippen molar-refractivity contribution in [1.29, 1.82) is 0 Å². The predicted molar refractivity (Wildman–Crippen MR) is 237 cm³/mol. The molecular weight excluding hydrogens is 713 g/mol. The lowest BCUT2D eigenvalue weighted by atomic mass is 9.41. The van der Waals surface area contributed by atoms with E-state index in [9.17, 15) is 5.26 Å². The van der Waals surface area contributed by atoms with Crippen LogP contribution in [0.15, 0.2) is 97.1 Å². The van der Waals surface area contributed by atoms with Gasteiger partial charge in [-0.05, 0) is 189 Å². The molecule has 4 nitrogen and oxygen atoms in total. The highest BCUT2D eigenvalue weighted by Crippen LogP contribution is 2.71. The minimum absolute atomic E-state index is 0.228. The molecule has 0 heterocycles. The zero-order valence-electron chi connectivity index (χ0n) is 36.5. The summed E-state index contributed by atoms with van der Waals surface area (Å²) in [5.41, 5.74) is 5.60. The second-order valence-electron chi connectivity index (χ2n) is 20.4. The molecule has 4 aromatic rings. The second-order valence-corrected chi connectivity index (χ2v) is 20.4. The standard InChI is InChI=1S/C54H70O4/c1-35(2)9-8-10-38(5)48-27-28-49-47-34-46(39-15-23-44(24-16-39)56-42-19-11-36(3)12-20-42)51-33-41(29-31-54(51,7)50(47)30-32-53(48,49)6)52(58-55)40-17-25-45(26-18-40)57-43-21-13-37(4)14-22-43/h11-26,35,38,41,46-52,55H,8-10,27-34H2,1-7H3. The van der Waals surface area contributed by atoms with Crippen molar-refractivity contribution in [3.63, 3.8) is 0 Å². The first-order chi connectivity index (χ1) is 27.9. The maximum atomic E-state index is 10.6. The Hall–Kier alpha value is -3.60. The third-order valence-corrected chi connectivity index (χ3v) is 16.5. The van der Waals surface area contributed by atoms with Gasteiger partial charge >= 0.3 is 0 Å². The number of fused-ring (bicyclic) bond motifs is 5. The third kappa shape index (κ3) is 8.27. The van der Waals surface area contributed by atoms with Gasteiger partial charge in [-0.1, -0.05) is 114 Å². The largest absolute Gasteiger partial charge is 0.457 e. The number of aryl methyl sites for hydroxylation is 2. The molecule has 4 fully saturated rings. The Morgan fingerprint density at radius 1 is 0.603 bits per heavy atom. The van der Waals surface area contributed by atoms with E-state index in [1.807, 2.05) is 24.3 Å². The van der Waals surface area contributed by atoms with Gasteiger partial charge in [-0.15, -0.1) is 0 Å². The van der Waals surface area contributed by atoms with E-state index in [0.717, 1.165) is 76.9 Å². The first kappa shape index (κ1) is 41.1. The molecule has 0 aliphatic heterocycles. The summed E-state index contributed by atoms with van der Waals surface area (Å²) in [4.78, 5) is 5.47. The fourth-order valence-corrected chi connectivity index (χ4v) is 13.5. The molecule has 4 aliphatic rings. The fourth-order valence-electron chi connectivity index (χ4n) is 13.5. The van der Waals surface area contributed by atoms with Crippen molar-refractivity contribution in [3.05, 3.63) is 119 Å². The van der Waals surface area contributed by atoms with Crippen LogP contribution in [0.4, 0.5) is 0 Å². The van der Waals surface area contributed by atoms with Gasteiger partial charge in [0, 0.05) is 0 Å². The second kappa shape index (κ2) is 17.2. The molecule has 0 amide bonds. The van der Waals surface area contributed by atoms with E-state index >= 15 is 0 Å². The summed E-state index contributed by atoms with van der Waals surface area (Å²) in [5, 5.41) is 10.6. The lowest BCUT2D eigenvalue weighted by Crippen LogP contribution is -2.56. The van der Waals surface area contributed by atoms with Crippen LogP contribution in [0, 0.1) is 72.0 Å². The maximum Gasteiger partial charge on any atom is 0.127 e. The van der Waals surface area contributed by atoms with Gasteiger partial charge in [-0.2, -0.15) is 0 Å². The van der Waals surface area contributed by atoms with Gasteiger partial charge in [-0.25, -0.2) is 4.89 Å². The van der Waals surface area contributed by atoms with Crippen LogP contribution in [0.25, 0.3) is 0 Å². The molecule has 11 atom stereocenters. The average Bonchev–Trinajstić information content (AvgIpc) is 3.58. The summed E-state index contributed by atoms with van der Waals surface area (Å²) in [6, 6.07) is 33.8. The van der Waals surface area contributed by atoms with Crippen molar-refractivity contribution < 1.29 is 19.6 Å². The van der Waals surface area contributed by atoms with Gasteiger partial charge in [0.05, 0.1) is 0 Å². The first-order valence-corrected chi connectivity index (χ1v) is 22.9. The summed E-state index contributed by atoms with van der Waals surface area (Å²) in [7, 11) is 0. The quantitative estimate of drug-likeness (QED) is 0.108. The predicted octanol–water partition coefficient (Wildman–Crippen LogP) is 15.5. The van der Waals surface area contributed by atoms with E-state index in [4.69, 9.17) is 14.4 Å². The molecule has 0 aromatic heterocycles. The lowest BCUT2D eigenvalue weighted by molar-refractivity contribution is -0.300. The zero-order valence-corrected chi connectivity index (χ0v) is 36.5. The molecule has 0 bridgehead atoms. The molecular formula is C54H70O4. The highest BCUT2D eigenvalue weighted by molar-refractivity contribution is 5.37. The summed E-state index contributed by atoms with van der Waals surface area (Å²) in [6.07, 6.45) is 13.9. The van der Waals surface area contributed by atoms with Gasteiger partial charge < -0.3 is 9.47 Å². The van der Waals surface area contributed by atoms with Gasteiger partial charge in [-0.3, -0.25) is 5.26 Å². The number of ether oxygens (including phenoxy) is 2. The van der Waals surface area contributed by atoms with Crippen molar-refractivity contribution in [2.45, 2.75) is 131 Å². The van der Waals surface area contributed by atoms with Crippen molar-refractivity contribution in [3.8, 4) is 23.0 Å². The molecule has 4 saturated carbocycles. The number of hydrogen-bond donors (Lipinski definition) is 1. The number of hydrogen-bond acceptors (Lipinski definition) is 4. The van der Waals surface area contributed by atoms with Gasteiger partial charge in [0.2, 0.25) is 0 Å². The van der Waals surface area contributed by atoms with E-state index in [1.165, 1.54) is 74.5 Å². The van der Waals surface area contributed by atoms with E-state index in [1.54, 1.807) is 0 Å². The van der Waals surface area contributed by atoms with Crippen LogP contribution in [0.1, 0.15) is 140 Å². The molecule has 310 valence electrons. The van der Waals surface area contributed by atoms with Crippen molar-refractivity contribution >= 4 is 0 Å². The molecule has 58 heavy (non-hydrogen) atoms. The first-order valence-electron chi connectivity index (χ1n) is 22.9. The Kier molecular flexibility index (Phi) is 12.2. The SMILES string of the molecule is Cc1ccc(Oc2ccc(C3CC4C5CCC(C(C)CCCC(C)C)C5(C)CCC4C4(C)CCC(C(OO)c5ccc(Oc6ccc(C)cc6)cc5)CC34)cc2)cc1. The van der Waals surface area contributed by atoms with Crippen LogP contribution >= 0.6 is 0 Å². The third-order valence-electron chi connectivity index (χ3n) is 16.5. The minimum atomic E-state index is -0.371. The van der Waals surface area contributed by atoms with Crippen molar-refractivity contribution in [1.82, 2.24) is 0 Å². The van der Waals surface area contributed by atoms with Gasteiger partial charge in [0.1, 0.15) is 29.1 Å². The maximum absolute atomic E-state index is 10.6. The normalized spacial score (nSPS) is 31.5. The van der Waals surface area contributed by atoms with Crippen LogP contribution < -0.4 is 9.47 Å². The van der Waals surface area contributed by atoms with Crippen LogP contribution in [0.2, 0.25) is 0 Å². The van der Waals surface area contributed by atoms with Crippen molar-refractivity contribution in [2.24, 2.45) is 58.2 Å². The summed E-state index contributed by atoms with van der Waals surface area (Å²) < 4.78 is 12.5. The fraction of sp³-hybridized carbons (Fsp3) is 0.556. The van der Waals surface area contributed by atoms with E-state index in [2.05, 4.69) is 121 Å². The summed E-state index contributed by atoms with van der Waals surface area (Å²) in [5.74, 6) is 9.33. The van der Waals surface area contributed by atoms with Crippen LogP contribution in [0.3, 0.4) is 0 Å². The van der Waals surface area contributed by atoms with Crippen molar-refractivity contribution in [2.75, 3.05) is 0 Å². The van der Waals surface area contributed by atoms with E-state index in [0.29, 0.717) is 17.3 Å². The lowest BCUT2D eigenvalue weighted by Gasteiger charge is -2.64. The van der Waals surface area contributed by atoms with Crippen LogP contribution in [0.5, 0.6) is 23.0 Å². The minimum Gasteiger partial charge on any atom is -0.457 e. The average molecular weight is 783 g/mol. The van der Waals surface area contributed by atoms with E-state index < -0.39 is 0 Å². The Balaban J connectivity index is 1.06. The molecule has 4 aromatic carbocycles. The highest BCUT2D eigenvalue weighted by Gasteiger charge is 2.63. The number of benzene rings is 4. The topological polar surface area (TPSA) is 47.9 Å².